The van der Waals surface area contributed by atoms with Crippen LogP contribution in [0.2, 0.25) is 0 Å². The molecule has 0 N–H and O–H groups in total. The molecule has 0 aromatic carbocycles. The minimum absolute atomic E-state index is 0.361. The topological polar surface area (TPSA) is 28.0 Å². The highest BCUT2D eigenvalue weighted by Crippen LogP contribution is 2.27. The lowest BCUT2D eigenvalue weighted by molar-refractivity contribution is 0.276. The number of halogens is 1. The Morgan fingerprint density at radius 1 is 1.40 bits per heavy atom. The molecule has 0 saturated heterocycles. The molecule has 0 aliphatic heterocycles. The van der Waals surface area contributed by atoms with Crippen LogP contribution in [0.4, 0.5) is 0 Å². The summed E-state index contributed by atoms with van der Waals surface area (Å²) in [6.07, 6.45) is 10.9. The van der Waals surface area contributed by atoms with Crippen LogP contribution in [0.3, 0.4) is 0 Å². The lowest BCUT2D eigenvalue weighted by atomic mass is 9.84. The van der Waals surface area contributed by atoms with Crippen LogP contribution in [-0.4, -0.2) is 37.1 Å². The summed E-state index contributed by atoms with van der Waals surface area (Å²) in [6.45, 7) is 5.95. The van der Waals surface area contributed by atoms with E-state index in [1.54, 1.807) is 6.21 Å². The molecule has 1 saturated carbocycles. The summed E-state index contributed by atoms with van der Waals surface area (Å²) < 4.78 is 0.795. The molecular weight excluding hydrogens is 314 g/mol. The molecular formula is C16H28BrN3. The number of allylic oxidation sites excluding steroid dienone is 1. The van der Waals surface area contributed by atoms with Gasteiger partial charge in [0.1, 0.15) is 0 Å². The largest absolute Gasteiger partial charge is 0.297 e. The van der Waals surface area contributed by atoms with E-state index in [0.717, 1.165) is 16.8 Å². The number of hydrogen-bond acceptors (Lipinski definition) is 3. The standard InChI is InChI=1S/C16H28BrN3/c1-13(17)12-19-20(4)14(2)10-16(18-3)11-15-8-6-5-7-9-15/h12,14-15H,1,5-11H2,2-4H3/b18-16+,19-12-/t14-/m1/s1. The van der Waals surface area contributed by atoms with Crippen LogP contribution < -0.4 is 0 Å². The molecule has 114 valence electrons. The molecule has 4 heteroatoms. The molecule has 0 aromatic rings. The Hall–Kier alpha value is -0.640. The van der Waals surface area contributed by atoms with Gasteiger partial charge in [0.2, 0.25) is 0 Å². The summed E-state index contributed by atoms with van der Waals surface area (Å²) in [7, 11) is 3.93. The van der Waals surface area contributed by atoms with Crippen LogP contribution in [0.25, 0.3) is 0 Å². The maximum Gasteiger partial charge on any atom is 0.0606 e. The minimum Gasteiger partial charge on any atom is -0.297 e. The molecule has 1 rings (SSSR count). The summed E-state index contributed by atoms with van der Waals surface area (Å²) >= 11 is 3.29. The Morgan fingerprint density at radius 2 is 2.05 bits per heavy atom. The first kappa shape index (κ1) is 17.4. The van der Waals surface area contributed by atoms with Crippen molar-refractivity contribution in [3.8, 4) is 0 Å². The first-order valence-electron chi connectivity index (χ1n) is 7.58. The normalized spacial score (nSPS) is 19.3. The second kappa shape index (κ2) is 9.32. The van der Waals surface area contributed by atoms with E-state index >= 15 is 0 Å². The fourth-order valence-corrected chi connectivity index (χ4v) is 2.82. The lowest BCUT2D eigenvalue weighted by Crippen LogP contribution is -2.27. The van der Waals surface area contributed by atoms with Gasteiger partial charge >= 0.3 is 0 Å². The van der Waals surface area contributed by atoms with Crippen molar-refractivity contribution in [3.05, 3.63) is 11.1 Å². The zero-order valence-electron chi connectivity index (χ0n) is 13.1. The zero-order chi connectivity index (χ0) is 15.0. The first-order chi connectivity index (χ1) is 9.52. The van der Waals surface area contributed by atoms with Crippen molar-refractivity contribution in [1.29, 1.82) is 0 Å². The molecule has 0 heterocycles. The molecule has 1 fully saturated rings. The Balaban J connectivity index is 2.44. The highest BCUT2D eigenvalue weighted by Gasteiger charge is 2.18. The number of aliphatic imine (C=N–C) groups is 1. The predicted molar refractivity (Wildman–Crippen MR) is 93.0 cm³/mol. The Morgan fingerprint density at radius 3 is 2.60 bits per heavy atom. The third-order valence-corrected chi connectivity index (χ3v) is 4.32. The van der Waals surface area contributed by atoms with E-state index in [2.05, 4.69) is 39.5 Å². The van der Waals surface area contributed by atoms with Crippen LogP contribution in [0.15, 0.2) is 21.2 Å². The molecule has 0 amide bonds. The highest BCUT2D eigenvalue weighted by molar-refractivity contribution is 9.12. The van der Waals surface area contributed by atoms with Crippen LogP contribution >= 0.6 is 15.9 Å². The van der Waals surface area contributed by atoms with Gasteiger partial charge < -0.3 is 0 Å². The summed E-state index contributed by atoms with van der Waals surface area (Å²) in [6, 6.07) is 0.361. The van der Waals surface area contributed by atoms with E-state index in [1.165, 1.54) is 44.2 Å². The smallest absolute Gasteiger partial charge is 0.0606 e. The first-order valence-corrected chi connectivity index (χ1v) is 8.38. The van der Waals surface area contributed by atoms with Gasteiger partial charge in [-0.05, 0) is 35.2 Å². The average molecular weight is 342 g/mol. The zero-order valence-corrected chi connectivity index (χ0v) is 14.7. The van der Waals surface area contributed by atoms with Gasteiger partial charge in [0.05, 0.1) is 6.21 Å². The van der Waals surface area contributed by atoms with Gasteiger partial charge in [-0.2, -0.15) is 5.10 Å². The third kappa shape index (κ3) is 6.69. The number of rotatable bonds is 7. The molecule has 3 nitrogen and oxygen atoms in total. The fourth-order valence-electron chi connectivity index (χ4n) is 2.73. The van der Waals surface area contributed by atoms with Crippen molar-refractivity contribution in [2.75, 3.05) is 14.1 Å². The molecule has 1 aliphatic rings. The number of hydrazone groups is 1. The quantitative estimate of drug-likeness (QED) is 0.490. The molecule has 0 radical (unpaired) electrons. The fraction of sp³-hybridized carbons (Fsp3) is 0.750. The summed E-state index contributed by atoms with van der Waals surface area (Å²) in [4.78, 5) is 4.51. The molecule has 1 atom stereocenters. The van der Waals surface area contributed by atoms with Gasteiger partial charge in [0.25, 0.3) is 0 Å². The van der Waals surface area contributed by atoms with Gasteiger partial charge in [-0.3, -0.25) is 10.0 Å². The second-order valence-electron chi connectivity index (χ2n) is 5.82. The van der Waals surface area contributed by atoms with Crippen LogP contribution in [0.1, 0.15) is 51.9 Å². The van der Waals surface area contributed by atoms with Gasteiger partial charge in [-0.1, -0.05) is 38.7 Å². The van der Waals surface area contributed by atoms with Gasteiger partial charge in [0.15, 0.2) is 0 Å². The number of nitrogens with zero attached hydrogens (tertiary/aromatic N) is 3. The maximum absolute atomic E-state index is 4.51. The highest BCUT2D eigenvalue weighted by atomic mass is 79.9. The van der Waals surface area contributed by atoms with Crippen LogP contribution in [0.5, 0.6) is 0 Å². The van der Waals surface area contributed by atoms with Crippen molar-refractivity contribution in [2.24, 2.45) is 16.0 Å². The Labute approximate surface area is 132 Å². The Bertz CT molecular complexity index is 357. The molecule has 0 spiro atoms. The monoisotopic (exact) mass is 341 g/mol. The van der Waals surface area contributed by atoms with Crippen molar-refractivity contribution in [1.82, 2.24) is 5.01 Å². The molecule has 1 aliphatic carbocycles. The third-order valence-electron chi connectivity index (χ3n) is 4.11. The minimum atomic E-state index is 0.361. The summed E-state index contributed by atoms with van der Waals surface area (Å²) in [5.74, 6) is 0.853. The lowest BCUT2D eigenvalue weighted by Gasteiger charge is -2.25. The van der Waals surface area contributed by atoms with E-state index in [4.69, 9.17) is 0 Å². The van der Waals surface area contributed by atoms with E-state index in [0.29, 0.717) is 6.04 Å². The van der Waals surface area contributed by atoms with E-state index in [9.17, 15) is 0 Å². The Kier molecular flexibility index (Phi) is 8.12. The van der Waals surface area contributed by atoms with Crippen molar-refractivity contribution < 1.29 is 0 Å². The van der Waals surface area contributed by atoms with Crippen LogP contribution in [0, 0.1) is 5.92 Å². The average Bonchev–Trinajstić information content (AvgIpc) is 2.44. The summed E-state index contributed by atoms with van der Waals surface area (Å²) in [5, 5.41) is 6.35. The van der Waals surface area contributed by atoms with E-state index in [1.807, 2.05) is 19.1 Å². The van der Waals surface area contributed by atoms with Crippen molar-refractivity contribution in [3.63, 3.8) is 0 Å². The van der Waals surface area contributed by atoms with E-state index in [-0.39, 0.29) is 0 Å². The van der Waals surface area contributed by atoms with Gasteiger partial charge in [-0.15, -0.1) is 0 Å². The van der Waals surface area contributed by atoms with Crippen molar-refractivity contribution >= 4 is 27.9 Å². The van der Waals surface area contributed by atoms with Gasteiger partial charge in [-0.25, -0.2) is 0 Å². The molecule has 0 bridgehead atoms. The summed E-state index contributed by atoms with van der Waals surface area (Å²) in [5.41, 5.74) is 1.34. The van der Waals surface area contributed by atoms with Crippen LogP contribution in [-0.2, 0) is 0 Å². The van der Waals surface area contributed by atoms with Crippen molar-refractivity contribution in [2.45, 2.75) is 57.9 Å². The molecule has 0 unspecified atom stereocenters. The molecule has 20 heavy (non-hydrogen) atoms. The number of hydrogen-bond donors (Lipinski definition) is 0. The maximum atomic E-state index is 4.51. The predicted octanol–water partition coefficient (Wildman–Crippen LogP) is 4.63. The van der Waals surface area contributed by atoms with E-state index < -0.39 is 0 Å². The second-order valence-corrected chi connectivity index (χ2v) is 6.83. The SMILES string of the molecule is C=C(Br)/C=N\N(C)[C@H](C)C/C(CC1CCCCC1)=N\C. The molecule has 0 aromatic heterocycles. The van der Waals surface area contributed by atoms with Gasteiger partial charge in [0, 0.05) is 36.8 Å².